The van der Waals surface area contributed by atoms with Crippen molar-refractivity contribution >= 4 is 38.8 Å². The quantitative estimate of drug-likeness (QED) is 0.753. The van der Waals surface area contributed by atoms with E-state index in [0.29, 0.717) is 10.7 Å². The molecule has 4 rings (SSSR count). The molecule has 0 unspecified atom stereocenters. The van der Waals surface area contributed by atoms with Gasteiger partial charge in [0.25, 0.3) is 0 Å². The Morgan fingerprint density at radius 1 is 1.00 bits per heavy atom. The van der Waals surface area contributed by atoms with Crippen molar-refractivity contribution in [2.45, 2.75) is 25.4 Å². The van der Waals surface area contributed by atoms with E-state index >= 15 is 0 Å². The summed E-state index contributed by atoms with van der Waals surface area (Å²) in [5, 5.41) is 0.512. The molecule has 5 nitrogen and oxygen atoms in total. The molecule has 2 aliphatic heterocycles. The molecule has 2 aliphatic rings. The summed E-state index contributed by atoms with van der Waals surface area (Å²) in [6.07, 6.45) is 0.906. The Bertz CT molecular complexity index is 959. The van der Waals surface area contributed by atoms with Crippen molar-refractivity contribution in [3.63, 3.8) is 0 Å². The molecule has 2 aromatic rings. The van der Waals surface area contributed by atoms with Crippen LogP contribution in [0.2, 0.25) is 5.02 Å². The number of anilines is 2. The van der Waals surface area contributed by atoms with Crippen LogP contribution in [0.5, 0.6) is 0 Å². The SMILES string of the molecule is CCc1ccc(N2C(=O)N(c3cccc(Cl)c3)[C@H]3CS(=O)(=O)C[C@H]32)cc1. The Hall–Kier alpha value is -2.05. The average Bonchev–Trinajstić information content (AvgIpc) is 3.03. The summed E-state index contributed by atoms with van der Waals surface area (Å²) in [7, 11) is -3.20. The summed E-state index contributed by atoms with van der Waals surface area (Å²) in [6.45, 7) is 2.07. The minimum absolute atomic E-state index is 0.0179. The van der Waals surface area contributed by atoms with E-state index in [1.54, 1.807) is 34.1 Å². The molecule has 2 saturated heterocycles. The van der Waals surface area contributed by atoms with E-state index in [9.17, 15) is 13.2 Å². The van der Waals surface area contributed by atoms with Crippen molar-refractivity contribution in [2.75, 3.05) is 21.3 Å². The maximum Gasteiger partial charge on any atom is 0.329 e. The standard InChI is InChI=1S/C19H19ClN2O3S/c1-2-13-6-8-15(9-7-13)21-17-11-26(24,25)12-18(17)22(19(21)23)16-5-3-4-14(20)10-16/h3-10,17-18H,2,11-12H2,1H3/t17-,18+/m1/s1. The van der Waals surface area contributed by atoms with E-state index in [-0.39, 0.29) is 23.6 Å². The highest BCUT2D eigenvalue weighted by molar-refractivity contribution is 7.91. The molecule has 0 N–H and O–H groups in total. The van der Waals surface area contributed by atoms with Crippen LogP contribution in [0.4, 0.5) is 16.2 Å². The topological polar surface area (TPSA) is 57.7 Å². The molecule has 26 heavy (non-hydrogen) atoms. The molecule has 2 fully saturated rings. The normalized spacial score (nSPS) is 24.2. The number of benzene rings is 2. The molecular weight excluding hydrogens is 372 g/mol. The number of sulfone groups is 1. The molecule has 2 aromatic carbocycles. The predicted octanol–water partition coefficient (Wildman–Crippen LogP) is 3.51. The van der Waals surface area contributed by atoms with Crippen molar-refractivity contribution < 1.29 is 13.2 Å². The van der Waals surface area contributed by atoms with Gasteiger partial charge in [-0.15, -0.1) is 0 Å². The Balaban J connectivity index is 1.78. The summed E-state index contributed by atoms with van der Waals surface area (Å²) >= 11 is 6.09. The molecule has 0 spiro atoms. The number of fused-ring (bicyclic) bond motifs is 1. The van der Waals surface area contributed by atoms with Crippen molar-refractivity contribution in [1.82, 2.24) is 0 Å². The van der Waals surface area contributed by atoms with Crippen molar-refractivity contribution in [2.24, 2.45) is 0 Å². The van der Waals surface area contributed by atoms with E-state index in [0.717, 1.165) is 12.1 Å². The Morgan fingerprint density at radius 2 is 1.62 bits per heavy atom. The highest BCUT2D eigenvalue weighted by Crippen LogP contribution is 2.38. The highest BCUT2D eigenvalue weighted by atomic mass is 35.5. The van der Waals surface area contributed by atoms with Gasteiger partial charge in [0, 0.05) is 16.4 Å². The summed E-state index contributed by atoms with van der Waals surface area (Å²) < 4.78 is 24.6. The summed E-state index contributed by atoms with van der Waals surface area (Å²) in [4.78, 5) is 16.4. The van der Waals surface area contributed by atoms with Gasteiger partial charge >= 0.3 is 6.03 Å². The molecule has 0 aliphatic carbocycles. The van der Waals surface area contributed by atoms with Gasteiger partial charge in [0.1, 0.15) is 0 Å². The number of carbonyl (C=O) groups is 1. The first-order chi connectivity index (χ1) is 12.4. The van der Waals surface area contributed by atoms with E-state index in [1.165, 1.54) is 5.56 Å². The number of halogens is 1. The predicted molar refractivity (Wildman–Crippen MR) is 104 cm³/mol. The Labute approximate surface area is 158 Å². The van der Waals surface area contributed by atoms with Gasteiger partial charge in [0.15, 0.2) is 9.84 Å². The molecular formula is C19H19ClN2O3S. The van der Waals surface area contributed by atoms with Gasteiger partial charge in [-0.25, -0.2) is 13.2 Å². The molecule has 0 bridgehead atoms. The smallest absolute Gasteiger partial charge is 0.288 e. The lowest BCUT2D eigenvalue weighted by Crippen LogP contribution is -2.37. The van der Waals surface area contributed by atoms with Gasteiger partial charge in [0.05, 0.1) is 23.6 Å². The molecule has 0 saturated carbocycles. The Kier molecular flexibility index (Phi) is 4.20. The number of aryl methyl sites for hydroxylation is 1. The first-order valence-electron chi connectivity index (χ1n) is 8.57. The third-order valence-electron chi connectivity index (χ3n) is 5.08. The molecule has 0 aromatic heterocycles. The molecule has 2 atom stereocenters. The van der Waals surface area contributed by atoms with Gasteiger partial charge in [-0.1, -0.05) is 36.7 Å². The fourth-order valence-corrected chi connectivity index (χ4v) is 5.93. The zero-order valence-corrected chi connectivity index (χ0v) is 15.9. The first kappa shape index (κ1) is 17.4. The first-order valence-corrected chi connectivity index (χ1v) is 10.8. The number of amides is 2. The Morgan fingerprint density at radius 3 is 2.19 bits per heavy atom. The number of nitrogens with zero attached hydrogens (tertiary/aromatic N) is 2. The van der Waals surface area contributed by atoms with Crippen LogP contribution in [0.1, 0.15) is 12.5 Å². The number of carbonyl (C=O) groups excluding carboxylic acids is 1. The second-order valence-corrected chi connectivity index (χ2v) is 9.32. The third-order valence-corrected chi connectivity index (χ3v) is 7.01. The number of hydrogen-bond acceptors (Lipinski definition) is 3. The van der Waals surface area contributed by atoms with Gasteiger partial charge in [0.2, 0.25) is 0 Å². The zero-order valence-electron chi connectivity index (χ0n) is 14.3. The van der Waals surface area contributed by atoms with E-state index < -0.39 is 15.9 Å². The maximum atomic E-state index is 13.2. The molecule has 0 radical (unpaired) electrons. The van der Waals surface area contributed by atoms with Gasteiger partial charge in [-0.3, -0.25) is 9.80 Å². The minimum Gasteiger partial charge on any atom is -0.288 e. The van der Waals surface area contributed by atoms with Crippen molar-refractivity contribution in [3.05, 3.63) is 59.1 Å². The van der Waals surface area contributed by atoms with Crippen LogP contribution in [-0.4, -0.2) is 38.0 Å². The van der Waals surface area contributed by atoms with Crippen LogP contribution >= 0.6 is 11.6 Å². The summed E-state index contributed by atoms with van der Waals surface area (Å²) in [6, 6.07) is 13.7. The van der Waals surface area contributed by atoms with Crippen LogP contribution in [-0.2, 0) is 16.3 Å². The second-order valence-electron chi connectivity index (χ2n) is 6.73. The lowest BCUT2D eigenvalue weighted by molar-refractivity contribution is 0.255. The molecule has 2 heterocycles. The van der Waals surface area contributed by atoms with Crippen molar-refractivity contribution in [1.29, 1.82) is 0 Å². The molecule has 7 heteroatoms. The number of rotatable bonds is 3. The van der Waals surface area contributed by atoms with Crippen LogP contribution in [0, 0.1) is 0 Å². The van der Waals surface area contributed by atoms with E-state index in [1.807, 2.05) is 24.3 Å². The van der Waals surface area contributed by atoms with Crippen LogP contribution in [0.15, 0.2) is 48.5 Å². The fraction of sp³-hybridized carbons (Fsp3) is 0.316. The second kappa shape index (κ2) is 6.28. The van der Waals surface area contributed by atoms with E-state index in [4.69, 9.17) is 11.6 Å². The van der Waals surface area contributed by atoms with Gasteiger partial charge < -0.3 is 0 Å². The largest absolute Gasteiger partial charge is 0.329 e. The number of urea groups is 1. The summed E-state index contributed by atoms with van der Waals surface area (Å²) in [5.41, 5.74) is 2.52. The highest BCUT2D eigenvalue weighted by Gasteiger charge is 2.54. The number of hydrogen-bond donors (Lipinski definition) is 0. The lowest BCUT2D eigenvalue weighted by atomic mass is 10.1. The molecule has 2 amide bonds. The van der Waals surface area contributed by atoms with Crippen LogP contribution < -0.4 is 9.80 Å². The van der Waals surface area contributed by atoms with Gasteiger partial charge in [-0.2, -0.15) is 0 Å². The van der Waals surface area contributed by atoms with E-state index in [2.05, 4.69) is 6.92 Å². The van der Waals surface area contributed by atoms with Crippen molar-refractivity contribution in [3.8, 4) is 0 Å². The average molecular weight is 391 g/mol. The zero-order chi connectivity index (χ0) is 18.5. The third kappa shape index (κ3) is 2.87. The van der Waals surface area contributed by atoms with Crippen LogP contribution in [0.3, 0.4) is 0 Å². The molecule has 136 valence electrons. The monoisotopic (exact) mass is 390 g/mol. The maximum absolute atomic E-state index is 13.2. The lowest BCUT2D eigenvalue weighted by Gasteiger charge is -2.23. The van der Waals surface area contributed by atoms with Crippen LogP contribution in [0.25, 0.3) is 0 Å². The summed E-state index contributed by atoms with van der Waals surface area (Å²) in [5.74, 6) is -0.0462. The minimum atomic E-state index is -3.20. The van der Waals surface area contributed by atoms with Gasteiger partial charge in [-0.05, 0) is 42.3 Å². The fourth-order valence-electron chi connectivity index (χ4n) is 3.83.